The molecule has 0 aliphatic heterocycles. The van der Waals surface area contributed by atoms with Crippen molar-refractivity contribution >= 4 is 82.8 Å². The number of carbonyl (C=O) groups excluding carboxylic acids is 12. The largest absolute Gasteiger partial charge is 0.394 e. The Morgan fingerprint density at radius 3 is 1.39 bits per heavy atom. The van der Waals surface area contributed by atoms with Gasteiger partial charge in [-0.2, -0.15) is 0 Å². The van der Waals surface area contributed by atoms with Crippen molar-refractivity contribution < 1.29 is 67.7 Å². The molecule has 30 N–H and O–H groups in total. The lowest BCUT2D eigenvalue weighted by Gasteiger charge is -2.26. The zero-order chi connectivity index (χ0) is 73.3. The van der Waals surface area contributed by atoms with Crippen LogP contribution in [0.5, 0.6) is 0 Å². The molecule has 546 valence electrons. The maximum atomic E-state index is 14.1. The number of nitrogens with one attached hydrogen (secondary N) is 12. The summed E-state index contributed by atoms with van der Waals surface area (Å²) in [5.41, 5.74) is 47.6. The highest BCUT2D eigenvalue weighted by molar-refractivity contribution is 5.99. The molecule has 12 amide bonds. The van der Waals surface area contributed by atoms with E-state index < -0.39 is 151 Å². The molecule has 0 spiro atoms. The van der Waals surface area contributed by atoms with Crippen LogP contribution in [0.4, 0.5) is 0 Å². The third kappa shape index (κ3) is 34.9. The Kier molecular flexibility index (Phi) is 40.1. The Balaban J connectivity index is 2.16. The Labute approximate surface area is 569 Å². The molecule has 0 saturated heterocycles. The number of benzene rings is 2. The van der Waals surface area contributed by atoms with Crippen LogP contribution < -0.4 is 110 Å². The van der Waals surface area contributed by atoms with Crippen molar-refractivity contribution in [3.8, 4) is 0 Å². The Hall–Kier alpha value is -9.62. The van der Waals surface area contributed by atoms with Crippen LogP contribution in [0.15, 0.2) is 64.6 Å². The Bertz CT molecular complexity index is 2950. The van der Waals surface area contributed by atoms with Crippen LogP contribution in [0, 0.1) is 6.92 Å². The van der Waals surface area contributed by atoms with Crippen molar-refractivity contribution in [1.82, 2.24) is 63.8 Å². The van der Waals surface area contributed by atoms with E-state index in [0.717, 1.165) is 11.1 Å². The van der Waals surface area contributed by atoms with E-state index in [9.17, 15) is 67.7 Å². The number of unbranched alkanes of at least 4 members (excludes halogenated alkanes) is 2. The lowest BCUT2D eigenvalue weighted by molar-refractivity contribution is -0.136. The first-order chi connectivity index (χ1) is 46.5. The first-order valence-corrected chi connectivity index (χ1v) is 32.4. The van der Waals surface area contributed by atoms with Gasteiger partial charge in [-0.05, 0) is 123 Å². The van der Waals surface area contributed by atoms with Gasteiger partial charge >= 0.3 is 0 Å². The zero-order valence-corrected chi connectivity index (χ0v) is 56.2. The molecule has 0 saturated carbocycles. The van der Waals surface area contributed by atoms with E-state index in [1.54, 1.807) is 30.3 Å². The van der Waals surface area contributed by atoms with Crippen LogP contribution in [0.3, 0.4) is 0 Å². The number of aryl methyl sites for hydroxylation is 1. The van der Waals surface area contributed by atoms with Crippen molar-refractivity contribution in [2.24, 2.45) is 55.9 Å². The van der Waals surface area contributed by atoms with Crippen molar-refractivity contribution in [2.75, 3.05) is 59.0 Å². The van der Waals surface area contributed by atoms with Crippen molar-refractivity contribution in [3.63, 3.8) is 0 Å². The molecule has 0 aliphatic rings. The molecule has 0 fully saturated rings. The molecular weight excluding hydrogens is 1280 g/mol. The molecule has 2 rings (SSSR count). The minimum Gasteiger partial charge on any atom is -0.394 e. The van der Waals surface area contributed by atoms with Gasteiger partial charge in [0.25, 0.3) is 0 Å². The van der Waals surface area contributed by atoms with Crippen molar-refractivity contribution in [1.29, 1.82) is 0 Å². The Morgan fingerprint density at radius 1 is 0.449 bits per heavy atom. The number of carbonyl (C=O) groups is 12. The summed E-state index contributed by atoms with van der Waals surface area (Å²) in [4.78, 5) is 169. The second-order valence-electron chi connectivity index (χ2n) is 23.5. The van der Waals surface area contributed by atoms with Crippen LogP contribution in [0.25, 0.3) is 0 Å². The molecule has 2 aromatic rings. The maximum Gasteiger partial charge on any atom is 0.245 e. The summed E-state index contributed by atoms with van der Waals surface area (Å²) in [5.74, 6) is -11.0. The lowest BCUT2D eigenvalue weighted by Crippen LogP contribution is -2.60. The fourth-order valence-corrected chi connectivity index (χ4v) is 9.38. The average molecular weight is 1380 g/mol. The van der Waals surface area contributed by atoms with E-state index in [1.165, 1.54) is 20.8 Å². The molecule has 0 aromatic heterocycles. The molecule has 0 aliphatic carbocycles. The Morgan fingerprint density at radius 2 is 0.888 bits per heavy atom. The minimum absolute atomic E-state index is 0.0160. The van der Waals surface area contributed by atoms with Gasteiger partial charge in [0, 0.05) is 32.1 Å². The van der Waals surface area contributed by atoms with E-state index in [0.29, 0.717) is 44.3 Å². The second kappa shape index (κ2) is 46.5. The molecule has 36 heteroatoms. The van der Waals surface area contributed by atoms with E-state index >= 15 is 0 Å². The molecule has 11 atom stereocenters. The zero-order valence-electron chi connectivity index (χ0n) is 56.2. The van der Waals surface area contributed by atoms with E-state index in [-0.39, 0.29) is 95.5 Å². The number of guanidine groups is 2. The average Bonchev–Trinajstić information content (AvgIpc) is 0.888. The monoisotopic (exact) mass is 1380 g/mol. The highest BCUT2D eigenvalue weighted by atomic mass is 16.3. The van der Waals surface area contributed by atoms with Crippen LogP contribution in [0.2, 0.25) is 0 Å². The molecule has 98 heavy (non-hydrogen) atoms. The first kappa shape index (κ1) is 84.5. The van der Waals surface area contributed by atoms with Gasteiger partial charge in [0.1, 0.15) is 54.4 Å². The summed E-state index contributed by atoms with van der Waals surface area (Å²) in [6, 6.07) is 3.32. The third-order valence-corrected chi connectivity index (χ3v) is 14.9. The maximum absolute atomic E-state index is 14.1. The molecular formula is C62H104N22O14. The van der Waals surface area contributed by atoms with Gasteiger partial charge in [-0.1, -0.05) is 60.2 Å². The SMILES string of the molecule is Cc1ccc(C[C@H](N)CNCC(=O)NCC(=O)N[C@@H](Cc2ccccc2)C(=O)N[C@H](C(=O)NCC(=O)N[C@@H](C)C(=O)N[C@@H](CCCN=C(N)N)C(=O)N[C@@H](CCCCN)C(=O)N[C@@H](CO)C(=O)N[C@@H](C)C(=O)N[C@@H](CCCN=C(N)N)C(=O)N[C@@H](CCCCN)C(N)=O)[C@@H](C)O)cc1. The predicted octanol–water partition coefficient (Wildman–Crippen LogP) is -8.44. The number of aliphatic hydroxyl groups is 2. The fraction of sp³-hybridized carbons (Fsp3) is 0.581. The summed E-state index contributed by atoms with van der Waals surface area (Å²) in [7, 11) is 0. The highest BCUT2D eigenvalue weighted by Crippen LogP contribution is 2.10. The van der Waals surface area contributed by atoms with E-state index in [4.69, 9.17) is 45.9 Å². The van der Waals surface area contributed by atoms with Gasteiger partial charge in [0.2, 0.25) is 70.9 Å². The summed E-state index contributed by atoms with van der Waals surface area (Å²) in [5, 5.41) is 51.0. The molecule has 2 aromatic carbocycles. The summed E-state index contributed by atoms with van der Waals surface area (Å²) < 4.78 is 0. The normalized spacial score (nSPS) is 14.3. The predicted molar refractivity (Wildman–Crippen MR) is 364 cm³/mol. The van der Waals surface area contributed by atoms with Crippen molar-refractivity contribution in [3.05, 3.63) is 71.3 Å². The van der Waals surface area contributed by atoms with E-state index in [1.807, 2.05) is 31.2 Å². The van der Waals surface area contributed by atoms with Gasteiger partial charge in [0.15, 0.2) is 11.9 Å². The van der Waals surface area contributed by atoms with E-state index in [2.05, 4.69) is 73.8 Å². The number of hydrogen-bond donors (Lipinski definition) is 22. The number of amides is 12. The van der Waals surface area contributed by atoms with Gasteiger partial charge in [0.05, 0.1) is 32.3 Å². The van der Waals surface area contributed by atoms with Gasteiger partial charge in [-0.15, -0.1) is 0 Å². The molecule has 0 unspecified atom stereocenters. The number of nitrogens with two attached hydrogens (primary N) is 8. The molecule has 36 nitrogen and oxygen atoms in total. The minimum atomic E-state index is -1.72. The van der Waals surface area contributed by atoms with Crippen LogP contribution in [0.1, 0.15) is 102 Å². The smallest absolute Gasteiger partial charge is 0.245 e. The number of aliphatic hydroxyl groups excluding tert-OH is 2. The summed E-state index contributed by atoms with van der Waals surface area (Å²) in [6.07, 6.45) is 0.742. The summed E-state index contributed by atoms with van der Waals surface area (Å²) in [6.45, 7) is 4.08. The number of rotatable bonds is 48. The quantitative estimate of drug-likeness (QED) is 0.0166. The highest BCUT2D eigenvalue weighted by Gasteiger charge is 2.34. The van der Waals surface area contributed by atoms with Gasteiger partial charge in [-0.25, -0.2) is 0 Å². The molecule has 0 radical (unpaired) electrons. The fourth-order valence-electron chi connectivity index (χ4n) is 9.38. The molecule has 0 heterocycles. The lowest BCUT2D eigenvalue weighted by atomic mass is 10.0. The van der Waals surface area contributed by atoms with Crippen LogP contribution >= 0.6 is 0 Å². The van der Waals surface area contributed by atoms with Crippen molar-refractivity contribution in [2.45, 2.75) is 171 Å². The number of primary amides is 1. The number of nitrogens with zero attached hydrogens (tertiary/aromatic N) is 2. The number of aliphatic imine (C=N–C) groups is 2. The first-order valence-electron chi connectivity index (χ1n) is 32.4. The standard InChI is InChI=1S/C62H104N22O14/c1-35-20-22-40(23-21-35)28-41(65)30-71-31-48(87)74-32-50(89)78-46(29-39-14-6-5-7-15-39)58(96)84-51(38(4)86)60(98)75-33-49(88)76-36(2)53(91)80-45(19-13-27-73-62(69)70)56(94)82-43(17-9-11-25-64)57(95)83-47(34-85)59(97)77-37(3)54(92)81-44(18-12-26-72-61(67)68)55(93)79-42(52(66)90)16-8-10-24-63/h5-7,14-15,20-23,36-38,41-47,51,71,85-86H,8-13,16-19,24-34,63-65H2,1-4H3,(H2,66,90)(H,74,87)(H,75,98)(H,76,88)(H,77,97)(H,78,89)(H,79,93)(H,80,91)(H,81,92)(H,82,94)(H,83,95)(H,84,96)(H4,67,68,72)(H4,69,70,73)/t36-,37-,38+,41-,42-,43-,44-,45-,46-,47-,51-/m0/s1. The van der Waals surface area contributed by atoms with Crippen LogP contribution in [-0.4, -0.2) is 219 Å². The van der Waals surface area contributed by atoms with Gasteiger partial charge in [-0.3, -0.25) is 67.5 Å². The summed E-state index contributed by atoms with van der Waals surface area (Å²) >= 11 is 0. The second-order valence-corrected chi connectivity index (χ2v) is 23.5. The van der Waals surface area contributed by atoms with Crippen LogP contribution in [-0.2, 0) is 70.4 Å². The third-order valence-electron chi connectivity index (χ3n) is 14.9. The van der Waals surface area contributed by atoms with Gasteiger partial charge < -0.3 is 120 Å². The number of hydrogen-bond acceptors (Lipinski definition) is 20. The molecule has 0 bridgehead atoms. The topological polar surface area (TPSA) is 623 Å².